The van der Waals surface area contributed by atoms with Crippen LogP contribution in [0.25, 0.3) is 0 Å². The summed E-state index contributed by atoms with van der Waals surface area (Å²) >= 11 is 0. The fraction of sp³-hybridized carbons (Fsp3) is 0.625. The molecule has 1 atom stereocenters. The lowest BCUT2D eigenvalue weighted by molar-refractivity contribution is 0.191. The quantitative estimate of drug-likeness (QED) is 0.724. The van der Waals surface area contributed by atoms with Gasteiger partial charge in [-0.1, -0.05) is 6.92 Å². The second-order valence-electron chi connectivity index (χ2n) is 5.94. The number of nitrogens with one attached hydrogen (secondary N) is 1. The number of phenols is 2. The molecule has 1 saturated heterocycles. The van der Waals surface area contributed by atoms with Crippen molar-refractivity contribution in [3.8, 4) is 11.5 Å². The van der Waals surface area contributed by atoms with Crippen LogP contribution in [0, 0.1) is 5.92 Å². The van der Waals surface area contributed by atoms with E-state index in [2.05, 4.69) is 17.1 Å². The van der Waals surface area contributed by atoms with Crippen molar-refractivity contribution >= 4 is 0 Å². The summed E-state index contributed by atoms with van der Waals surface area (Å²) in [7, 11) is 0. The average Bonchev–Trinajstić information content (AvgIpc) is 2.43. The first-order valence-corrected chi connectivity index (χ1v) is 7.54. The third-order valence-corrected chi connectivity index (χ3v) is 4.23. The van der Waals surface area contributed by atoms with Crippen LogP contribution in [0.4, 0.5) is 0 Å². The van der Waals surface area contributed by atoms with Crippen LogP contribution < -0.4 is 5.32 Å². The van der Waals surface area contributed by atoms with Crippen molar-refractivity contribution in [3.63, 3.8) is 0 Å². The van der Waals surface area contributed by atoms with E-state index in [0.29, 0.717) is 0 Å². The van der Waals surface area contributed by atoms with Crippen molar-refractivity contribution in [2.45, 2.75) is 32.7 Å². The highest BCUT2D eigenvalue weighted by atomic mass is 16.3. The van der Waals surface area contributed by atoms with Crippen molar-refractivity contribution in [1.29, 1.82) is 0 Å². The lowest BCUT2D eigenvalue weighted by atomic mass is 9.99. The van der Waals surface area contributed by atoms with Gasteiger partial charge >= 0.3 is 0 Å². The van der Waals surface area contributed by atoms with Crippen molar-refractivity contribution < 1.29 is 10.2 Å². The molecule has 20 heavy (non-hydrogen) atoms. The van der Waals surface area contributed by atoms with E-state index in [1.54, 1.807) is 6.07 Å². The molecule has 2 rings (SSSR count). The Morgan fingerprint density at radius 2 is 2.00 bits per heavy atom. The van der Waals surface area contributed by atoms with Crippen molar-refractivity contribution in [1.82, 2.24) is 10.2 Å². The smallest absolute Gasteiger partial charge is 0.120 e. The van der Waals surface area contributed by atoms with Crippen LogP contribution in [0.1, 0.15) is 38.3 Å². The Morgan fingerprint density at radius 1 is 1.30 bits per heavy atom. The minimum Gasteiger partial charge on any atom is -0.508 e. The van der Waals surface area contributed by atoms with E-state index in [9.17, 15) is 10.2 Å². The molecule has 3 N–H and O–H groups in total. The van der Waals surface area contributed by atoms with Crippen LogP contribution in [0.2, 0.25) is 0 Å². The molecule has 1 aliphatic rings. The molecule has 0 saturated carbocycles. The summed E-state index contributed by atoms with van der Waals surface area (Å²) in [4.78, 5) is 2.49. The third-order valence-electron chi connectivity index (χ3n) is 4.23. The maximum Gasteiger partial charge on any atom is 0.120 e. The topological polar surface area (TPSA) is 55.7 Å². The van der Waals surface area contributed by atoms with Gasteiger partial charge in [0, 0.05) is 24.7 Å². The van der Waals surface area contributed by atoms with Crippen LogP contribution >= 0.6 is 0 Å². The Balaban J connectivity index is 1.77. The number of phenolic OH excluding ortho intramolecular Hbond substituents is 2. The zero-order valence-electron chi connectivity index (χ0n) is 12.5. The highest BCUT2D eigenvalue weighted by Gasteiger charge is 2.16. The van der Waals surface area contributed by atoms with E-state index in [1.165, 1.54) is 38.1 Å². The van der Waals surface area contributed by atoms with E-state index >= 15 is 0 Å². The van der Waals surface area contributed by atoms with Crippen LogP contribution in [-0.4, -0.2) is 41.3 Å². The SMILES string of the molecule is CC1CCN(CCNC(C)c2cc(O)ccc2O)CC1. The largest absolute Gasteiger partial charge is 0.508 e. The van der Waals surface area contributed by atoms with Crippen molar-refractivity contribution in [3.05, 3.63) is 23.8 Å². The minimum atomic E-state index is 0.0332. The third kappa shape index (κ3) is 4.12. The summed E-state index contributed by atoms with van der Waals surface area (Å²) in [6, 6.07) is 4.69. The Hall–Kier alpha value is -1.26. The second-order valence-corrected chi connectivity index (χ2v) is 5.94. The normalized spacial score (nSPS) is 19.1. The zero-order valence-corrected chi connectivity index (χ0v) is 12.5. The molecule has 1 unspecified atom stereocenters. The standard InChI is InChI=1S/C16H26N2O2/c1-12-5-8-18(9-6-12)10-7-17-13(2)15-11-14(19)3-4-16(15)20/h3-4,11-13,17,19-20H,5-10H2,1-2H3. The molecule has 0 amide bonds. The predicted molar refractivity (Wildman–Crippen MR) is 81.0 cm³/mol. The van der Waals surface area contributed by atoms with Gasteiger partial charge < -0.3 is 20.4 Å². The highest BCUT2D eigenvalue weighted by Crippen LogP contribution is 2.27. The number of hydrogen-bond acceptors (Lipinski definition) is 4. The van der Waals surface area contributed by atoms with Crippen LogP contribution in [0.15, 0.2) is 18.2 Å². The van der Waals surface area contributed by atoms with Crippen LogP contribution in [0.3, 0.4) is 0 Å². The van der Waals surface area contributed by atoms with Gasteiger partial charge in [0.15, 0.2) is 0 Å². The molecule has 0 bridgehead atoms. The molecule has 0 aromatic heterocycles. The van der Waals surface area contributed by atoms with Gasteiger partial charge in [-0.05, 0) is 57.0 Å². The Labute approximate surface area is 121 Å². The summed E-state index contributed by atoms with van der Waals surface area (Å²) in [5, 5.41) is 22.7. The summed E-state index contributed by atoms with van der Waals surface area (Å²) in [6.07, 6.45) is 2.59. The lowest BCUT2D eigenvalue weighted by Gasteiger charge is -2.30. The maximum absolute atomic E-state index is 9.82. The molecule has 1 fully saturated rings. The lowest BCUT2D eigenvalue weighted by Crippen LogP contribution is -2.38. The molecule has 1 aromatic rings. The number of rotatable bonds is 5. The van der Waals surface area contributed by atoms with E-state index in [0.717, 1.165) is 24.6 Å². The molecular formula is C16H26N2O2. The number of aromatic hydroxyl groups is 2. The number of hydrogen-bond donors (Lipinski definition) is 3. The van der Waals surface area contributed by atoms with Gasteiger partial charge in [0.1, 0.15) is 11.5 Å². The monoisotopic (exact) mass is 278 g/mol. The first kappa shape index (κ1) is 15.1. The number of benzene rings is 1. The Bertz CT molecular complexity index is 428. The molecule has 1 aromatic carbocycles. The Morgan fingerprint density at radius 3 is 2.70 bits per heavy atom. The fourth-order valence-electron chi connectivity index (χ4n) is 2.72. The number of likely N-dealkylation sites (tertiary alicyclic amines) is 1. The van der Waals surface area contributed by atoms with Crippen molar-refractivity contribution in [2.24, 2.45) is 5.92 Å². The van der Waals surface area contributed by atoms with E-state index in [-0.39, 0.29) is 17.5 Å². The zero-order chi connectivity index (χ0) is 14.5. The van der Waals surface area contributed by atoms with Gasteiger partial charge in [0.25, 0.3) is 0 Å². The highest BCUT2D eigenvalue weighted by molar-refractivity contribution is 5.40. The van der Waals surface area contributed by atoms with Gasteiger partial charge in [0.2, 0.25) is 0 Å². The average molecular weight is 278 g/mol. The van der Waals surface area contributed by atoms with Gasteiger partial charge in [-0.3, -0.25) is 0 Å². The molecule has 4 nitrogen and oxygen atoms in total. The molecule has 0 spiro atoms. The number of nitrogens with zero attached hydrogens (tertiary/aromatic N) is 1. The van der Waals surface area contributed by atoms with E-state index < -0.39 is 0 Å². The van der Waals surface area contributed by atoms with Crippen molar-refractivity contribution in [2.75, 3.05) is 26.2 Å². The molecule has 0 radical (unpaired) electrons. The summed E-state index contributed by atoms with van der Waals surface area (Å²) in [5.41, 5.74) is 0.747. The molecule has 1 heterocycles. The van der Waals surface area contributed by atoms with Crippen LogP contribution in [-0.2, 0) is 0 Å². The van der Waals surface area contributed by atoms with Gasteiger partial charge in [-0.2, -0.15) is 0 Å². The molecule has 4 heteroatoms. The predicted octanol–water partition coefficient (Wildman–Crippen LogP) is 2.48. The minimum absolute atomic E-state index is 0.0332. The molecule has 112 valence electrons. The first-order valence-electron chi connectivity index (χ1n) is 7.54. The molecule has 0 aliphatic carbocycles. The summed E-state index contributed by atoms with van der Waals surface area (Å²) in [5.74, 6) is 1.29. The van der Waals surface area contributed by atoms with Gasteiger partial charge in [0.05, 0.1) is 0 Å². The van der Waals surface area contributed by atoms with Crippen LogP contribution in [0.5, 0.6) is 11.5 Å². The van der Waals surface area contributed by atoms with Gasteiger partial charge in [-0.25, -0.2) is 0 Å². The summed E-state index contributed by atoms with van der Waals surface area (Å²) in [6.45, 7) is 8.64. The maximum atomic E-state index is 9.82. The first-order chi connectivity index (χ1) is 9.56. The summed E-state index contributed by atoms with van der Waals surface area (Å²) < 4.78 is 0. The second kappa shape index (κ2) is 6.95. The van der Waals surface area contributed by atoms with E-state index in [4.69, 9.17) is 0 Å². The fourth-order valence-corrected chi connectivity index (χ4v) is 2.72. The molecule has 1 aliphatic heterocycles. The molecular weight excluding hydrogens is 252 g/mol. The number of piperidine rings is 1. The van der Waals surface area contributed by atoms with Gasteiger partial charge in [-0.15, -0.1) is 0 Å². The Kier molecular flexibility index (Phi) is 5.26. The van der Waals surface area contributed by atoms with E-state index in [1.807, 2.05) is 6.92 Å².